The summed E-state index contributed by atoms with van der Waals surface area (Å²) in [6.45, 7) is 1.97. The molecular formula is C15H21ClN8O. The maximum atomic E-state index is 11.4. The van der Waals surface area contributed by atoms with Gasteiger partial charge in [0.25, 0.3) is 0 Å². The Kier molecular flexibility index (Phi) is 5.67. The Bertz CT molecular complexity index is 728. The highest BCUT2D eigenvalue weighted by molar-refractivity contribution is 6.32. The van der Waals surface area contributed by atoms with Gasteiger partial charge >= 0.3 is 0 Å². The van der Waals surface area contributed by atoms with Gasteiger partial charge in [-0.15, -0.1) is 0 Å². The lowest BCUT2D eigenvalue weighted by atomic mass is 10.2. The summed E-state index contributed by atoms with van der Waals surface area (Å²) < 4.78 is 1.53. The van der Waals surface area contributed by atoms with Crippen LogP contribution in [-0.4, -0.2) is 51.8 Å². The van der Waals surface area contributed by atoms with Crippen LogP contribution in [0.3, 0.4) is 0 Å². The van der Waals surface area contributed by atoms with E-state index in [0.717, 1.165) is 19.5 Å². The molecule has 1 aliphatic heterocycles. The molecule has 9 nitrogen and oxygen atoms in total. The summed E-state index contributed by atoms with van der Waals surface area (Å²) in [6.07, 6.45) is 7.21. The van der Waals surface area contributed by atoms with Crippen LogP contribution in [0, 0.1) is 0 Å². The number of nitrogens with one attached hydrogen (secondary N) is 4. The molecule has 0 radical (unpaired) electrons. The maximum Gasteiger partial charge on any atom is 0.241 e. The fourth-order valence-electron chi connectivity index (χ4n) is 2.57. The number of hydrogen-bond acceptors (Lipinski definition) is 7. The second kappa shape index (κ2) is 8.13. The van der Waals surface area contributed by atoms with Crippen molar-refractivity contribution in [3.63, 3.8) is 0 Å². The van der Waals surface area contributed by atoms with Crippen LogP contribution in [0.5, 0.6) is 0 Å². The van der Waals surface area contributed by atoms with Gasteiger partial charge in [-0.2, -0.15) is 10.1 Å². The lowest BCUT2D eigenvalue weighted by molar-refractivity contribution is -0.121. The molecule has 1 fully saturated rings. The Hall–Kier alpha value is -2.39. The summed E-state index contributed by atoms with van der Waals surface area (Å²) in [7, 11) is 1.59. The molecule has 25 heavy (non-hydrogen) atoms. The lowest BCUT2D eigenvalue weighted by Crippen LogP contribution is -2.29. The third-order valence-corrected chi connectivity index (χ3v) is 4.17. The Labute approximate surface area is 150 Å². The number of amides is 1. The molecule has 1 amide bonds. The Morgan fingerprint density at radius 3 is 3.12 bits per heavy atom. The second-order valence-corrected chi connectivity index (χ2v) is 6.20. The number of halogens is 1. The maximum absolute atomic E-state index is 11.4. The van der Waals surface area contributed by atoms with Crippen LogP contribution in [-0.2, 0) is 11.3 Å². The van der Waals surface area contributed by atoms with Crippen LogP contribution in [0.25, 0.3) is 0 Å². The summed E-state index contributed by atoms with van der Waals surface area (Å²) in [4.78, 5) is 19.9. The van der Waals surface area contributed by atoms with Gasteiger partial charge in [-0.25, -0.2) is 4.98 Å². The highest BCUT2D eigenvalue weighted by atomic mass is 35.5. The van der Waals surface area contributed by atoms with Crippen LogP contribution in [0.2, 0.25) is 5.02 Å². The van der Waals surface area contributed by atoms with E-state index in [1.165, 1.54) is 11.1 Å². The van der Waals surface area contributed by atoms with Gasteiger partial charge in [0.15, 0.2) is 5.82 Å². The molecule has 0 aliphatic carbocycles. The van der Waals surface area contributed by atoms with Crippen molar-refractivity contribution in [3.8, 4) is 0 Å². The van der Waals surface area contributed by atoms with E-state index < -0.39 is 0 Å². The molecule has 1 atom stereocenters. The minimum absolute atomic E-state index is 0.121. The van der Waals surface area contributed by atoms with E-state index in [0.29, 0.717) is 28.5 Å². The first-order valence-corrected chi connectivity index (χ1v) is 8.51. The Morgan fingerprint density at radius 1 is 1.48 bits per heavy atom. The number of nitrogens with zero attached hydrogens (tertiary/aromatic N) is 4. The highest BCUT2D eigenvalue weighted by Crippen LogP contribution is 2.21. The molecule has 3 rings (SSSR count). The van der Waals surface area contributed by atoms with Crippen LogP contribution in [0.4, 0.5) is 17.5 Å². The fraction of sp³-hybridized carbons (Fsp3) is 0.467. The fourth-order valence-corrected chi connectivity index (χ4v) is 2.73. The monoisotopic (exact) mass is 364 g/mol. The van der Waals surface area contributed by atoms with Gasteiger partial charge < -0.3 is 21.3 Å². The molecule has 3 heterocycles. The summed E-state index contributed by atoms with van der Waals surface area (Å²) in [5.41, 5.74) is 0.689. The lowest BCUT2D eigenvalue weighted by Gasteiger charge is -2.13. The van der Waals surface area contributed by atoms with Gasteiger partial charge in [-0.1, -0.05) is 11.6 Å². The molecule has 2 aromatic rings. The third kappa shape index (κ3) is 4.80. The predicted octanol–water partition coefficient (Wildman–Crippen LogP) is 0.980. The smallest absolute Gasteiger partial charge is 0.241 e. The molecule has 10 heteroatoms. The SMILES string of the molecule is CNC(=O)Cn1cc(Nc2ncc(Cl)c(NC[C@H]3CCCN3)n2)cn1. The molecule has 0 spiro atoms. The number of anilines is 3. The van der Waals surface area contributed by atoms with E-state index in [1.54, 1.807) is 25.6 Å². The van der Waals surface area contributed by atoms with E-state index >= 15 is 0 Å². The van der Waals surface area contributed by atoms with Crippen molar-refractivity contribution in [2.75, 3.05) is 30.8 Å². The first-order valence-electron chi connectivity index (χ1n) is 8.14. The Balaban J connectivity index is 1.62. The zero-order valence-corrected chi connectivity index (χ0v) is 14.7. The van der Waals surface area contributed by atoms with Gasteiger partial charge in [0.2, 0.25) is 11.9 Å². The van der Waals surface area contributed by atoms with Crippen LogP contribution >= 0.6 is 11.6 Å². The normalized spacial score (nSPS) is 16.6. The minimum atomic E-state index is -0.121. The zero-order valence-electron chi connectivity index (χ0n) is 13.9. The van der Waals surface area contributed by atoms with Crippen molar-refractivity contribution in [1.29, 1.82) is 0 Å². The second-order valence-electron chi connectivity index (χ2n) is 5.79. The zero-order chi connectivity index (χ0) is 17.6. The summed E-state index contributed by atoms with van der Waals surface area (Å²) >= 11 is 6.17. The molecule has 1 aliphatic rings. The minimum Gasteiger partial charge on any atom is -0.367 e. The summed E-state index contributed by atoms with van der Waals surface area (Å²) in [5.74, 6) is 0.876. The standard InChI is InChI=1S/C15H21ClN8O/c1-17-13(25)9-24-8-11(6-21-24)22-15-20-7-12(16)14(23-15)19-5-10-3-2-4-18-10/h6-8,10,18H,2-5,9H2,1H3,(H,17,25)(H2,19,20,22,23)/t10-/m1/s1. The van der Waals surface area contributed by atoms with Gasteiger partial charge in [0, 0.05) is 25.8 Å². The number of carbonyl (C=O) groups excluding carboxylic acids is 1. The van der Waals surface area contributed by atoms with Gasteiger partial charge in [-0.05, 0) is 19.4 Å². The molecule has 134 valence electrons. The first-order chi connectivity index (χ1) is 12.1. The highest BCUT2D eigenvalue weighted by Gasteiger charge is 2.15. The third-order valence-electron chi connectivity index (χ3n) is 3.90. The molecule has 2 aromatic heterocycles. The molecule has 0 bridgehead atoms. The van der Waals surface area contributed by atoms with Crippen LogP contribution < -0.4 is 21.3 Å². The summed E-state index contributed by atoms with van der Waals surface area (Å²) in [6, 6.07) is 0.436. The van der Waals surface area contributed by atoms with Crippen LogP contribution in [0.15, 0.2) is 18.6 Å². The number of aromatic nitrogens is 4. The number of rotatable bonds is 7. The van der Waals surface area contributed by atoms with Gasteiger partial charge in [0.05, 0.1) is 18.1 Å². The van der Waals surface area contributed by atoms with E-state index in [9.17, 15) is 4.79 Å². The van der Waals surface area contributed by atoms with E-state index in [2.05, 4.69) is 36.3 Å². The average molecular weight is 365 g/mol. The predicted molar refractivity (Wildman–Crippen MR) is 96.1 cm³/mol. The molecule has 4 N–H and O–H groups in total. The molecule has 0 aromatic carbocycles. The largest absolute Gasteiger partial charge is 0.367 e. The molecule has 0 saturated carbocycles. The molecule has 0 unspecified atom stereocenters. The van der Waals surface area contributed by atoms with Crippen molar-refractivity contribution in [2.24, 2.45) is 0 Å². The quantitative estimate of drug-likeness (QED) is 0.580. The van der Waals surface area contributed by atoms with Crippen molar-refractivity contribution in [2.45, 2.75) is 25.4 Å². The van der Waals surface area contributed by atoms with Crippen molar-refractivity contribution in [3.05, 3.63) is 23.6 Å². The number of carbonyl (C=O) groups is 1. The number of likely N-dealkylation sites (N-methyl/N-ethyl adjacent to an activating group) is 1. The van der Waals surface area contributed by atoms with E-state index in [1.807, 2.05) is 0 Å². The van der Waals surface area contributed by atoms with Gasteiger partial charge in [-0.3, -0.25) is 9.48 Å². The Morgan fingerprint density at radius 2 is 2.36 bits per heavy atom. The van der Waals surface area contributed by atoms with Crippen molar-refractivity contribution in [1.82, 2.24) is 30.4 Å². The van der Waals surface area contributed by atoms with E-state index in [4.69, 9.17) is 11.6 Å². The van der Waals surface area contributed by atoms with E-state index in [-0.39, 0.29) is 12.5 Å². The number of hydrogen-bond donors (Lipinski definition) is 4. The topological polar surface area (TPSA) is 109 Å². The van der Waals surface area contributed by atoms with Crippen LogP contribution in [0.1, 0.15) is 12.8 Å². The van der Waals surface area contributed by atoms with Crippen molar-refractivity contribution >= 4 is 35.0 Å². The average Bonchev–Trinajstić information content (AvgIpc) is 3.27. The molecule has 1 saturated heterocycles. The van der Waals surface area contributed by atoms with Gasteiger partial charge in [0.1, 0.15) is 11.6 Å². The first kappa shape index (κ1) is 17.4. The van der Waals surface area contributed by atoms with Crippen molar-refractivity contribution < 1.29 is 4.79 Å². The molecular weight excluding hydrogens is 344 g/mol. The summed E-state index contributed by atoms with van der Waals surface area (Å²) in [5, 5.41) is 16.9.